The molecule has 0 saturated heterocycles. The molecule has 1 N–H and O–H groups in total. The molecule has 9 heteroatoms. The van der Waals surface area contributed by atoms with E-state index in [0.29, 0.717) is 11.3 Å². The third-order valence-corrected chi connectivity index (χ3v) is 3.34. The number of nitrogens with one attached hydrogen (secondary N) is 1. The summed E-state index contributed by atoms with van der Waals surface area (Å²) in [6.07, 6.45) is 3.80. The predicted molar refractivity (Wildman–Crippen MR) is 83.8 cm³/mol. The van der Waals surface area contributed by atoms with Crippen LogP contribution in [-0.4, -0.2) is 28.4 Å². The molecule has 1 heterocycles. The van der Waals surface area contributed by atoms with E-state index < -0.39 is 23.4 Å². The molecule has 118 valence electrons. The number of hydrogen-bond acceptors (Lipinski definition) is 7. The number of anilines is 1. The van der Waals surface area contributed by atoms with Crippen LogP contribution in [0.1, 0.15) is 5.56 Å². The highest BCUT2D eigenvalue weighted by Gasteiger charge is 2.14. The van der Waals surface area contributed by atoms with Crippen molar-refractivity contribution in [3.05, 3.63) is 58.3 Å². The molecule has 0 fully saturated rings. The van der Waals surface area contributed by atoms with Crippen LogP contribution >= 0.6 is 11.3 Å². The maximum Gasteiger partial charge on any atom is 0.345 e. The monoisotopic (exact) mass is 333 g/mol. The van der Waals surface area contributed by atoms with Gasteiger partial charge in [0.25, 0.3) is 5.91 Å². The molecule has 2 aromatic rings. The quantitative estimate of drug-likeness (QED) is 0.375. The summed E-state index contributed by atoms with van der Waals surface area (Å²) in [6, 6.07) is 9.12. The summed E-state index contributed by atoms with van der Waals surface area (Å²) in [5, 5.41) is 12.7. The maximum absolute atomic E-state index is 11.6. The number of carbonyl (C=O) groups excluding carboxylic acids is 2. The van der Waals surface area contributed by atoms with E-state index in [9.17, 15) is 19.7 Å². The fourth-order valence-electron chi connectivity index (χ4n) is 1.48. The number of amides is 1. The van der Waals surface area contributed by atoms with Gasteiger partial charge in [-0.15, -0.1) is 0 Å². The number of benzene rings is 1. The highest BCUT2D eigenvalue weighted by atomic mass is 32.1. The van der Waals surface area contributed by atoms with Gasteiger partial charge in [-0.25, -0.2) is 9.78 Å². The van der Waals surface area contributed by atoms with E-state index in [0.717, 1.165) is 11.8 Å². The zero-order valence-corrected chi connectivity index (χ0v) is 12.5. The van der Waals surface area contributed by atoms with Crippen LogP contribution in [0.5, 0.6) is 0 Å². The normalized spacial score (nSPS) is 10.4. The van der Waals surface area contributed by atoms with E-state index >= 15 is 0 Å². The van der Waals surface area contributed by atoms with Gasteiger partial charge in [0.15, 0.2) is 11.7 Å². The van der Waals surface area contributed by atoms with Crippen molar-refractivity contribution in [1.29, 1.82) is 0 Å². The van der Waals surface area contributed by atoms with Gasteiger partial charge in [-0.2, -0.15) is 0 Å². The maximum atomic E-state index is 11.6. The summed E-state index contributed by atoms with van der Waals surface area (Å²) < 4.78 is 4.76. The van der Waals surface area contributed by atoms with E-state index in [1.54, 1.807) is 6.08 Å². The second kappa shape index (κ2) is 7.80. The summed E-state index contributed by atoms with van der Waals surface area (Å²) in [5.41, 5.74) is 0.823. The number of nitro groups is 1. The van der Waals surface area contributed by atoms with Crippen LogP contribution in [0.4, 0.5) is 10.1 Å². The van der Waals surface area contributed by atoms with Crippen molar-refractivity contribution in [3.63, 3.8) is 0 Å². The molecule has 1 amide bonds. The summed E-state index contributed by atoms with van der Waals surface area (Å²) in [5.74, 6) is -1.30. The molecule has 0 aliphatic carbocycles. The van der Waals surface area contributed by atoms with Crippen molar-refractivity contribution in [2.75, 3.05) is 11.9 Å². The van der Waals surface area contributed by atoms with Crippen molar-refractivity contribution < 1.29 is 19.2 Å². The number of nitrogens with zero attached hydrogens (tertiary/aromatic N) is 2. The molecule has 0 spiro atoms. The Kier molecular flexibility index (Phi) is 5.53. The van der Waals surface area contributed by atoms with Crippen molar-refractivity contribution >= 4 is 39.4 Å². The summed E-state index contributed by atoms with van der Waals surface area (Å²) >= 11 is 0.715. The first-order chi connectivity index (χ1) is 11.0. The van der Waals surface area contributed by atoms with Gasteiger partial charge >= 0.3 is 11.0 Å². The zero-order valence-electron chi connectivity index (χ0n) is 11.7. The van der Waals surface area contributed by atoms with Crippen molar-refractivity contribution in [2.24, 2.45) is 0 Å². The molecule has 0 saturated carbocycles. The lowest BCUT2D eigenvalue weighted by Crippen LogP contribution is -2.19. The van der Waals surface area contributed by atoms with Gasteiger partial charge in [-0.1, -0.05) is 30.3 Å². The Balaban J connectivity index is 1.78. The average molecular weight is 333 g/mol. The smallest absolute Gasteiger partial charge is 0.345 e. The molecular weight excluding hydrogens is 322 g/mol. The van der Waals surface area contributed by atoms with Crippen LogP contribution in [-0.2, 0) is 14.3 Å². The molecule has 0 aliphatic rings. The number of aromatic nitrogens is 1. The molecule has 23 heavy (non-hydrogen) atoms. The lowest BCUT2D eigenvalue weighted by molar-refractivity contribution is -0.380. The fraction of sp³-hybridized carbons (Fsp3) is 0.0714. The number of ether oxygens (including phenoxy) is 1. The molecule has 0 atom stereocenters. The Morgan fingerprint density at radius 3 is 2.74 bits per heavy atom. The molecule has 8 nitrogen and oxygen atoms in total. The van der Waals surface area contributed by atoms with Crippen LogP contribution in [0.3, 0.4) is 0 Å². The van der Waals surface area contributed by atoms with Gasteiger partial charge in [-0.3, -0.25) is 20.2 Å². The standard InChI is InChI=1S/C14H11N3O5S/c18-11(16-14-15-8-12(23-14)17(20)21)9-22-13(19)7-6-10-4-2-1-3-5-10/h1-8H,9H2,(H,15,16,18)/b7-6+. The van der Waals surface area contributed by atoms with E-state index in [-0.39, 0.29) is 10.1 Å². The van der Waals surface area contributed by atoms with Gasteiger partial charge in [0.05, 0.1) is 4.92 Å². The molecule has 2 rings (SSSR count). The van der Waals surface area contributed by atoms with Crippen molar-refractivity contribution in [3.8, 4) is 0 Å². The SMILES string of the molecule is O=C(COC(=O)/C=C/c1ccccc1)Nc1ncc([N+](=O)[O-])s1. The number of thiazole rings is 1. The van der Waals surface area contributed by atoms with Crippen molar-refractivity contribution in [1.82, 2.24) is 4.98 Å². The number of rotatable bonds is 6. The van der Waals surface area contributed by atoms with E-state index in [1.807, 2.05) is 30.3 Å². The zero-order chi connectivity index (χ0) is 16.7. The summed E-state index contributed by atoms with van der Waals surface area (Å²) in [4.78, 5) is 36.6. The Morgan fingerprint density at radius 2 is 2.09 bits per heavy atom. The summed E-state index contributed by atoms with van der Waals surface area (Å²) in [7, 11) is 0. The van der Waals surface area contributed by atoms with E-state index in [4.69, 9.17) is 4.74 Å². The van der Waals surface area contributed by atoms with Crippen LogP contribution in [0.25, 0.3) is 6.08 Å². The fourth-order valence-corrected chi connectivity index (χ4v) is 2.12. The molecule has 0 unspecified atom stereocenters. The van der Waals surface area contributed by atoms with Crippen LogP contribution < -0.4 is 5.32 Å². The lowest BCUT2D eigenvalue weighted by atomic mass is 10.2. The largest absolute Gasteiger partial charge is 0.452 e. The predicted octanol–water partition coefficient (Wildman–Crippen LogP) is 2.25. The second-order valence-corrected chi connectivity index (χ2v) is 5.17. The Labute approximate surface area is 134 Å². The molecule has 0 radical (unpaired) electrons. The average Bonchev–Trinajstić information content (AvgIpc) is 3.00. The molecule has 0 bridgehead atoms. The lowest BCUT2D eigenvalue weighted by Gasteiger charge is -2.01. The first kappa shape index (κ1) is 16.3. The van der Waals surface area contributed by atoms with Crippen LogP contribution in [0.15, 0.2) is 42.6 Å². The van der Waals surface area contributed by atoms with Gasteiger partial charge in [0.2, 0.25) is 0 Å². The van der Waals surface area contributed by atoms with E-state index in [2.05, 4.69) is 10.3 Å². The van der Waals surface area contributed by atoms with E-state index in [1.165, 1.54) is 6.08 Å². The molecule has 0 aliphatic heterocycles. The van der Waals surface area contributed by atoms with Gasteiger partial charge < -0.3 is 4.74 Å². The second-order valence-electron chi connectivity index (χ2n) is 4.16. The number of esters is 1. The third-order valence-electron chi connectivity index (χ3n) is 2.48. The van der Waals surface area contributed by atoms with Gasteiger partial charge in [-0.05, 0) is 23.0 Å². The Hall–Kier alpha value is -3.07. The highest BCUT2D eigenvalue weighted by Crippen LogP contribution is 2.24. The topological polar surface area (TPSA) is 111 Å². The Morgan fingerprint density at radius 1 is 1.35 bits per heavy atom. The van der Waals surface area contributed by atoms with Gasteiger partial charge in [0.1, 0.15) is 6.20 Å². The molecule has 1 aromatic heterocycles. The molecule has 1 aromatic carbocycles. The molecular formula is C14H11N3O5S. The minimum absolute atomic E-state index is 0.0672. The van der Waals surface area contributed by atoms with Crippen LogP contribution in [0, 0.1) is 10.1 Å². The van der Waals surface area contributed by atoms with Crippen LogP contribution in [0.2, 0.25) is 0 Å². The van der Waals surface area contributed by atoms with Crippen molar-refractivity contribution in [2.45, 2.75) is 0 Å². The first-order valence-corrected chi connectivity index (χ1v) is 7.16. The third kappa shape index (κ3) is 5.32. The first-order valence-electron chi connectivity index (χ1n) is 6.34. The number of hydrogen-bond donors (Lipinski definition) is 1. The minimum atomic E-state index is -0.672. The minimum Gasteiger partial charge on any atom is -0.452 e. The number of carbonyl (C=O) groups is 2. The highest BCUT2D eigenvalue weighted by molar-refractivity contribution is 7.18. The Bertz CT molecular complexity index is 742. The summed E-state index contributed by atoms with van der Waals surface area (Å²) in [6.45, 7) is -0.509. The van der Waals surface area contributed by atoms with Gasteiger partial charge in [0, 0.05) is 6.08 Å².